The van der Waals surface area contributed by atoms with E-state index in [1.54, 1.807) is 18.1 Å². The molecule has 41 heavy (non-hydrogen) atoms. The standard InChI is InChI=1S/C30H30N6O5/c1-39-26-16-25-22-10-12-36(30(38)21-8-6-20(7-9-21)17-35-19-32-33-34-35)29(25)23-4-2-5-24(14-23)40-13-3-11-31-28(37)18-41-27(26)15-22/h2,4-9,14-16,19,29H,3,10-13,17-18H2,1H3,(H,31,37). The molecule has 1 aromatic heterocycles. The molecule has 2 amide bonds. The molecule has 0 saturated carbocycles. The number of hydrogen-bond acceptors (Lipinski definition) is 8. The monoisotopic (exact) mass is 554 g/mol. The summed E-state index contributed by atoms with van der Waals surface area (Å²) < 4.78 is 19.2. The number of benzene rings is 3. The van der Waals surface area contributed by atoms with Crippen molar-refractivity contribution in [1.82, 2.24) is 30.4 Å². The minimum absolute atomic E-state index is 0.0775. The van der Waals surface area contributed by atoms with Crippen LogP contribution in [0.2, 0.25) is 0 Å². The minimum atomic E-state index is -0.380. The quantitative estimate of drug-likeness (QED) is 0.409. The summed E-state index contributed by atoms with van der Waals surface area (Å²) in [5, 5.41) is 14.1. The number of aromatic nitrogens is 4. The van der Waals surface area contributed by atoms with E-state index in [9.17, 15) is 9.59 Å². The lowest BCUT2D eigenvalue weighted by Gasteiger charge is -2.38. The van der Waals surface area contributed by atoms with Gasteiger partial charge in [-0.05, 0) is 81.9 Å². The first-order chi connectivity index (χ1) is 20.1. The van der Waals surface area contributed by atoms with Crippen molar-refractivity contribution in [2.75, 3.05) is 33.4 Å². The second kappa shape index (κ2) is 11.7. The molecule has 4 aromatic rings. The Hall–Kier alpha value is -4.93. The van der Waals surface area contributed by atoms with Crippen LogP contribution in [-0.2, 0) is 17.8 Å². The fourth-order valence-corrected chi connectivity index (χ4v) is 5.29. The van der Waals surface area contributed by atoms with Crippen molar-refractivity contribution >= 4 is 11.8 Å². The number of fused-ring (bicyclic) bond motifs is 8. The second-order valence-electron chi connectivity index (χ2n) is 9.97. The van der Waals surface area contributed by atoms with Gasteiger partial charge in [-0.1, -0.05) is 24.3 Å². The summed E-state index contributed by atoms with van der Waals surface area (Å²) in [6, 6.07) is 18.8. The Kier molecular flexibility index (Phi) is 7.48. The van der Waals surface area contributed by atoms with Gasteiger partial charge in [-0.25, -0.2) is 4.68 Å². The molecule has 11 heteroatoms. The largest absolute Gasteiger partial charge is 0.494 e. The zero-order chi connectivity index (χ0) is 28.2. The van der Waals surface area contributed by atoms with Crippen molar-refractivity contribution in [2.24, 2.45) is 0 Å². The van der Waals surface area contributed by atoms with E-state index in [0.29, 0.717) is 61.9 Å². The molecule has 1 unspecified atom stereocenters. The maximum Gasteiger partial charge on any atom is 0.257 e. The van der Waals surface area contributed by atoms with Crippen LogP contribution < -0.4 is 19.5 Å². The molecule has 3 aromatic carbocycles. The minimum Gasteiger partial charge on any atom is -0.494 e. The van der Waals surface area contributed by atoms with Crippen molar-refractivity contribution < 1.29 is 23.8 Å². The van der Waals surface area contributed by atoms with Crippen molar-refractivity contribution in [3.8, 4) is 17.2 Å². The number of rotatable bonds is 4. The molecule has 0 radical (unpaired) electrons. The highest BCUT2D eigenvalue weighted by Crippen LogP contribution is 2.42. The molecule has 6 bridgehead atoms. The van der Waals surface area contributed by atoms with Gasteiger partial charge in [-0.15, -0.1) is 5.10 Å². The van der Waals surface area contributed by atoms with Crippen LogP contribution in [0, 0.1) is 0 Å². The van der Waals surface area contributed by atoms with Gasteiger partial charge in [-0.2, -0.15) is 0 Å². The zero-order valence-electron chi connectivity index (χ0n) is 22.7. The summed E-state index contributed by atoms with van der Waals surface area (Å²) in [6.07, 6.45) is 2.82. The van der Waals surface area contributed by atoms with E-state index >= 15 is 0 Å². The van der Waals surface area contributed by atoms with E-state index in [1.807, 2.05) is 65.6 Å². The molecule has 3 aliphatic rings. The highest BCUT2D eigenvalue weighted by Gasteiger charge is 2.34. The van der Waals surface area contributed by atoms with Crippen LogP contribution in [-0.4, -0.2) is 70.3 Å². The number of nitrogens with one attached hydrogen (secondary N) is 1. The van der Waals surface area contributed by atoms with Crippen LogP contribution in [0.25, 0.3) is 0 Å². The number of ether oxygens (including phenoxy) is 3. The first kappa shape index (κ1) is 26.3. The van der Waals surface area contributed by atoms with Crippen LogP contribution in [0.3, 0.4) is 0 Å². The molecule has 0 spiro atoms. The highest BCUT2D eigenvalue weighted by molar-refractivity contribution is 5.95. The average Bonchev–Trinajstić information content (AvgIpc) is 3.51. The van der Waals surface area contributed by atoms with E-state index in [4.69, 9.17) is 14.2 Å². The van der Waals surface area contributed by atoms with E-state index in [0.717, 1.165) is 22.3 Å². The van der Waals surface area contributed by atoms with Gasteiger partial charge in [0.05, 0.1) is 26.3 Å². The van der Waals surface area contributed by atoms with Crippen molar-refractivity contribution in [1.29, 1.82) is 0 Å². The third-order valence-electron chi connectivity index (χ3n) is 7.30. The third-order valence-corrected chi connectivity index (χ3v) is 7.30. The Bertz CT molecular complexity index is 1540. The van der Waals surface area contributed by atoms with E-state index in [-0.39, 0.29) is 24.5 Å². The molecule has 0 fully saturated rings. The topological polar surface area (TPSA) is 121 Å². The van der Waals surface area contributed by atoms with Crippen molar-refractivity contribution in [3.63, 3.8) is 0 Å². The molecule has 0 aliphatic carbocycles. The number of carbonyl (C=O) groups excluding carboxylic acids is 2. The number of amides is 2. The number of carbonyl (C=O) groups is 2. The Morgan fingerprint density at radius 2 is 2.00 bits per heavy atom. The van der Waals surface area contributed by atoms with Crippen LogP contribution in [0.15, 0.2) is 67.0 Å². The van der Waals surface area contributed by atoms with Gasteiger partial charge < -0.3 is 24.4 Å². The van der Waals surface area contributed by atoms with E-state index in [1.165, 1.54) is 0 Å². The normalized spacial score (nSPS) is 16.9. The van der Waals surface area contributed by atoms with Gasteiger partial charge in [0.1, 0.15) is 12.1 Å². The van der Waals surface area contributed by atoms with Gasteiger partial charge in [0, 0.05) is 18.7 Å². The summed E-state index contributed by atoms with van der Waals surface area (Å²) in [4.78, 5) is 28.3. The van der Waals surface area contributed by atoms with Crippen LogP contribution >= 0.6 is 0 Å². The Balaban J connectivity index is 1.38. The van der Waals surface area contributed by atoms with E-state index in [2.05, 4.69) is 20.8 Å². The lowest BCUT2D eigenvalue weighted by molar-refractivity contribution is -0.123. The fraction of sp³-hybridized carbons (Fsp3) is 0.300. The number of hydrogen-bond donors (Lipinski definition) is 1. The van der Waals surface area contributed by atoms with Gasteiger partial charge >= 0.3 is 0 Å². The predicted octanol–water partition coefficient (Wildman–Crippen LogP) is 2.80. The molecule has 7 rings (SSSR count). The van der Waals surface area contributed by atoms with E-state index < -0.39 is 0 Å². The molecular weight excluding hydrogens is 524 g/mol. The highest BCUT2D eigenvalue weighted by atomic mass is 16.5. The lowest BCUT2D eigenvalue weighted by Crippen LogP contribution is -2.40. The summed E-state index contributed by atoms with van der Waals surface area (Å²) in [7, 11) is 1.57. The zero-order valence-corrected chi connectivity index (χ0v) is 22.7. The Labute approximate surface area is 237 Å². The first-order valence-electron chi connectivity index (χ1n) is 13.5. The van der Waals surface area contributed by atoms with Crippen molar-refractivity contribution in [2.45, 2.75) is 25.4 Å². The van der Waals surface area contributed by atoms with Crippen molar-refractivity contribution in [3.05, 3.63) is 94.8 Å². The molecular formula is C30H30N6O5. The van der Waals surface area contributed by atoms with Gasteiger partial charge in [0.15, 0.2) is 18.1 Å². The molecule has 1 N–H and O–H groups in total. The maximum atomic E-state index is 14.0. The third kappa shape index (κ3) is 5.69. The lowest BCUT2D eigenvalue weighted by atomic mass is 9.87. The number of nitrogens with zero attached hydrogens (tertiary/aromatic N) is 5. The predicted molar refractivity (Wildman–Crippen MR) is 148 cm³/mol. The SMILES string of the molecule is COc1cc2c3cc1OCC(=O)NCCCOc1cccc(c1)C2N(C(=O)c1ccc(Cn2cnnn2)cc1)CC3. The molecule has 0 saturated heterocycles. The molecule has 3 aliphatic heterocycles. The molecule has 210 valence electrons. The van der Waals surface area contributed by atoms with Crippen LogP contribution in [0.5, 0.6) is 17.2 Å². The fourth-order valence-electron chi connectivity index (χ4n) is 5.29. The summed E-state index contributed by atoms with van der Waals surface area (Å²) >= 11 is 0. The summed E-state index contributed by atoms with van der Waals surface area (Å²) in [5.74, 6) is 1.42. The number of tetrazole rings is 1. The van der Waals surface area contributed by atoms with Gasteiger partial charge in [0.25, 0.3) is 11.8 Å². The maximum absolute atomic E-state index is 14.0. The Morgan fingerprint density at radius 1 is 1.12 bits per heavy atom. The molecule has 11 nitrogen and oxygen atoms in total. The summed E-state index contributed by atoms with van der Waals surface area (Å²) in [6.45, 7) is 1.82. The second-order valence-corrected chi connectivity index (χ2v) is 9.97. The summed E-state index contributed by atoms with van der Waals surface area (Å²) in [5.41, 5.74) is 4.48. The first-order valence-corrected chi connectivity index (χ1v) is 13.5. The Morgan fingerprint density at radius 3 is 2.80 bits per heavy atom. The van der Waals surface area contributed by atoms with Crippen LogP contribution in [0.4, 0.5) is 0 Å². The van der Waals surface area contributed by atoms with Gasteiger partial charge in [-0.3, -0.25) is 9.59 Å². The average molecular weight is 555 g/mol. The van der Waals surface area contributed by atoms with Crippen LogP contribution in [0.1, 0.15) is 45.1 Å². The van der Waals surface area contributed by atoms with Gasteiger partial charge in [0.2, 0.25) is 0 Å². The smallest absolute Gasteiger partial charge is 0.257 e. The number of methoxy groups -OCH3 is 1. The molecule has 1 atom stereocenters. The molecule has 4 heterocycles.